The first-order chi connectivity index (χ1) is 9.09. The summed E-state index contributed by atoms with van der Waals surface area (Å²) in [6.07, 6.45) is 5.17. The molecular formula is C17H27NO. The van der Waals surface area contributed by atoms with Crippen molar-refractivity contribution in [2.24, 2.45) is 5.41 Å². The number of hydrogen-bond acceptors (Lipinski definition) is 1. The number of benzene rings is 1. The first-order valence-electron chi connectivity index (χ1n) is 7.40. The molecule has 1 aromatic rings. The van der Waals surface area contributed by atoms with Gasteiger partial charge in [0.15, 0.2) is 0 Å². The number of rotatable bonds is 8. The van der Waals surface area contributed by atoms with Gasteiger partial charge in [-0.05, 0) is 23.8 Å². The van der Waals surface area contributed by atoms with Crippen LogP contribution in [-0.2, 0) is 11.3 Å². The fraction of sp³-hybridized carbons (Fsp3) is 0.588. The average molecular weight is 261 g/mol. The fourth-order valence-corrected chi connectivity index (χ4v) is 2.76. The van der Waals surface area contributed by atoms with Crippen molar-refractivity contribution in [3.8, 4) is 0 Å². The van der Waals surface area contributed by atoms with Crippen molar-refractivity contribution in [3.63, 3.8) is 0 Å². The molecule has 2 heteroatoms. The lowest BCUT2D eigenvalue weighted by atomic mass is 9.78. The van der Waals surface area contributed by atoms with Crippen molar-refractivity contribution in [2.45, 2.75) is 59.4 Å². The second-order valence-corrected chi connectivity index (χ2v) is 5.75. The Morgan fingerprint density at radius 2 is 1.68 bits per heavy atom. The lowest BCUT2D eigenvalue weighted by Crippen LogP contribution is -2.30. The minimum Gasteiger partial charge on any atom is -0.352 e. The third kappa shape index (κ3) is 5.91. The summed E-state index contributed by atoms with van der Waals surface area (Å²) in [5.41, 5.74) is 1.31. The van der Waals surface area contributed by atoms with Gasteiger partial charge in [0.2, 0.25) is 5.91 Å². The molecule has 0 bridgehead atoms. The van der Waals surface area contributed by atoms with Gasteiger partial charge in [-0.25, -0.2) is 0 Å². The largest absolute Gasteiger partial charge is 0.352 e. The Bertz CT molecular complexity index is 366. The van der Waals surface area contributed by atoms with E-state index in [1.807, 2.05) is 30.3 Å². The quantitative estimate of drug-likeness (QED) is 0.742. The summed E-state index contributed by atoms with van der Waals surface area (Å²) < 4.78 is 0. The van der Waals surface area contributed by atoms with Crippen LogP contribution in [0.4, 0.5) is 0 Å². The monoisotopic (exact) mass is 261 g/mol. The fourth-order valence-electron chi connectivity index (χ4n) is 2.76. The van der Waals surface area contributed by atoms with Gasteiger partial charge >= 0.3 is 0 Å². The van der Waals surface area contributed by atoms with Crippen LogP contribution < -0.4 is 5.32 Å². The molecule has 0 aliphatic rings. The van der Waals surface area contributed by atoms with Crippen LogP contribution in [0.25, 0.3) is 0 Å². The maximum absolute atomic E-state index is 12.1. The van der Waals surface area contributed by atoms with Gasteiger partial charge in [0, 0.05) is 13.0 Å². The van der Waals surface area contributed by atoms with Gasteiger partial charge < -0.3 is 5.32 Å². The summed E-state index contributed by atoms with van der Waals surface area (Å²) in [4.78, 5) is 12.1. The maximum Gasteiger partial charge on any atom is 0.220 e. The Morgan fingerprint density at radius 3 is 2.21 bits per heavy atom. The Morgan fingerprint density at radius 1 is 1.11 bits per heavy atom. The summed E-state index contributed by atoms with van der Waals surface area (Å²) in [5, 5.41) is 3.03. The van der Waals surface area contributed by atoms with Crippen LogP contribution >= 0.6 is 0 Å². The molecule has 0 aromatic heterocycles. The van der Waals surface area contributed by atoms with Crippen LogP contribution in [0.15, 0.2) is 30.3 Å². The van der Waals surface area contributed by atoms with Crippen LogP contribution in [0.5, 0.6) is 0 Å². The van der Waals surface area contributed by atoms with E-state index < -0.39 is 0 Å². The highest BCUT2D eigenvalue weighted by atomic mass is 16.1. The maximum atomic E-state index is 12.1. The van der Waals surface area contributed by atoms with E-state index in [2.05, 4.69) is 26.1 Å². The normalized spacial score (nSPS) is 11.3. The van der Waals surface area contributed by atoms with Crippen molar-refractivity contribution < 1.29 is 4.79 Å². The molecule has 0 unspecified atom stereocenters. The molecule has 1 aromatic carbocycles. The molecule has 0 aliphatic carbocycles. The van der Waals surface area contributed by atoms with Gasteiger partial charge in [-0.15, -0.1) is 0 Å². The Balaban J connectivity index is 2.44. The summed E-state index contributed by atoms with van der Waals surface area (Å²) in [5.74, 6) is 0.174. The molecule has 2 nitrogen and oxygen atoms in total. The highest BCUT2D eigenvalue weighted by Gasteiger charge is 2.25. The van der Waals surface area contributed by atoms with Crippen molar-refractivity contribution in [3.05, 3.63) is 35.9 Å². The third-order valence-electron chi connectivity index (χ3n) is 3.63. The van der Waals surface area contributed by atoms with Gasteiger partial charge in [0.25, 0.3) is 0 Å². The van der Waals surface area contributed by atoms with Crippen molar-refractivity contribution in [2.75, 3.05) is 0 Å². The Labute approximate surface area is 117 Å². The van der Waals surface area contributed by atoms with Crippen molar-refractivity contribution in [1.82, 2.24) is 5.32 Å². The van der Waals surface area contributed by atoms with Gasteiger partial charge in [-0.2, -0.15) is 0 Å². The summed E-state index contributed by atoms with van der Waals surface area (Å²) in [6.45, 7) is 7.25. The first-order valence-corrected chi connectivity index (χ1v) is 7.40. The highest BCUT2D eigenvalue weighted by Crippen LogP contribution is 2.32. The highest BCUT2D eigenvalue weighted by molar-refractivity contribution is 5.76. The Kier molecular flexibility index (Phi) is 6.61. The minimum absolute atomic E-state index is 0.157. The summed E-state index contributed by atoms with van der Waals surface area (Å²) in [7, 11) is 0. The molecule has 1 amide bonds. The molecule has 0 saturated heterocycles. The smallest absolute Gasteiger partial charge is 0.220 e. The standard InChI is InChI=1S/C17H27NO/c1-4-11-17(3,12-5-2)13-16(19)18-14-15-9-7-6-8-10-15/h6-10H,4-5,11-14H2,1-3H3,(H,18,19). The molecule has 0 aliphatic heterocycles. The predicted molar refractivity (Wildman–Crippen MR) is 80.8 cm³/mol. The molecule has 0 saturated carbocycles. The van der Waals surface area contributed by atoms with Crippen LogP contribution in [0.3, 0.4) is 0 Å². The zero-order chi connectivity index (χ0) is 14.1. The third-order valence-corrected chi connectivity index (χ3v) is 3.63. The minimum atomic E-state index is 0.157. The number of hydrogen-bond donors (Lipinski definition) is 1. The van der Waals surface area contributed by atoms with Crippen LogP contribution in [0.2, 0.25) is 0 Å². The molecular weight excluding hydrogens is 234 g/mol. The van der Waals surface area contributed by atoms with Gasteiger partial charge in [0.05, 0.1) is 0 Å². The van der Waals surface area contributed by atoms with E-state index in [4.69, 9.17) is 0 Å². The van der Waals surface area contributed by atoms with E-state index in [0.717, 1.165) is 31.2 Å². The predicted octanol–water partition coefficient (Wildman–Crippen LogP) is 4.30. The molecule has 106 valence electrons. The van der Waals surface area contributed by atoms with E-state index in [1.54, 1.807) is 0 Å². The van der Waals surface area contributed by atoms with Crippen LogP contribution in [0, 0.1) is 5.41 Å². The van der Waals surface area contributed by atoms with Gasteiger partial charge in [-0.1, -0.05) is 63.9 Å². The molecule has 0 heterocycles. The van der Waals surface area contributed by atoms with E-state index >= 15 is 0 Å². The summed E-state index contributed by atoms with van der Waals surface area (Å²) in [6, 6.07) is 10.1. The molecule has 0 radical (unpaired) electrons. The molecule has 0 spiro atoms. The lowest BCUT2D eigenvalue weighted by molar-refractivity contribution is -0.123. The van der Waals surface area contributed by atoms with Crippen LogP contribution in [-0.4, -0.2) is 5.91 Å². The average Bonchev–Trinajstić information content (AvgIpc) is 2.38. The number of nitrogens with one attached hydrogen (secondary N) is 1. The molecule has 1 rings (SSSR count). The Hall–Kier alpha value is -1.31. The molecule has 0 fully saturated rings. The van der Waals surface area contributed by atoms with E-state index in [0.29, 0.717) is 13.0 Å². The van der Waals surface area contributed by atoms with Gasteiger partial charge in [0.1, 0.15) is 0 Å². The zero-order valence-corrected chi connectivity index (χ0v) is 12.5. The molecule has 1 N–H and O–H groups in total. The first kappa shape index (κ1) is 15.7. The second-order valence-electron chi connectivity index (χ2n) is 5.75. The van der Waals surface area contributed by atoms with E-state index in [9.17, 15) is 4.79 Å². The van der Waals surface area contributed by atoms with Crippen LogP contribution in [0.1, 0.15) is 58.4 Å². The van der Waals surface area contributed by atoms with Crippen molar-refractivity contribution in [1.29, 1.82) is 0 Å². The van der Waals surface area contributed by atoms with Gasteiger partial charge in [-0.3, -0.25) is 4.79 Å². The number of carbonyl (C=O) groups excluding carboxylic acids is 1. The van der Waals surface area contributed by atoms with Crippen molar-refractivity contribution >= 4 is 5.91 Å². The topological polar surface area (TPSA) is 29.1 Å². The molecule has 19 heavy (non-hydrogen) atoms. The lowest BCUT2D eigenvalue weighted by Gasteiger charge is -2.28. The molecule has 0 atom stereocenters. The number of carbonyl (C=O) groups is 1. The van der Waals surface area contributed by atoms with E-state index in [1.165, 1.54) is 0 Å². The van der Waals surface area contributed by atoms with E-state index in [-0.39, 0.29) is 11.3 Å². The summed E-state index contributed by atoms with van der Waals surface area (Å²) >= 11 is 0. The number of amides is 1. The second kappa shape index (κ2) is 7.98. The zero-order valence-electron chi connectivity index (χ0n) is 12.5. The SMILES string of the molecule is CCCC(C)(CCC)CC(=O)NCc1ccccc1.